The van der Waals surface area contributed by atoms with Gasteiger partial charge in [0.15, 0.2) is 5.69 Å². The van der Waals surface area contributed by atoms with Gasteiger partial charge in [-0.15, -0.1) is 0 Å². The first-order chi connectivity index (χ1) is 17.0. The predicted octanol–water partition coefficient (Wildman–Crippen LogP) is 3.04. The van der Waals surface area contributed by atoms with E-state index in [1.807, 2.05) is 40.1 Å². The monoisotopic (exact) mass is 477 g/mol. The molecule has 0 spiro atoms. The standard InChI is InChI=1S/C27H35N5O3/c1-20-8-14-29(15-9-20)25(33)22-10-16-30(17-11-22)26(34)23-18-24-27(35)31(12-5-13-32(24)28-23)19-21-6-3-2-4-7-21/h2-4,6-7,18,20,22H,5,8-17,19H2,1H3. The Morgan fingerprint density at radius 3 is 2.31 bits per heavy atom. The molecule has 2 fully saturated rings. The first-order valence-corrected chi connectivity index (χ1v) is 13.0. The van der Waals surface area contributed by atoms with Crippen LogP contribution in [0.25, 0.3) is 0 Å². The van der Waals surface area contributed by atoms with Crippen molar-refractivity contribution in [1.82, 2.24) is 24.5 Å². The lowest BCUT2D eigenvalue weighted by molar-refractivity contribution is -0.138. The molecule has 0 saturated carbocycles. The fraction of sp³-hybridized carbons (Fsp3) is 0.556. The third-order valence-corrected chi connectivity index (χ3v) is 7.75. The minimum Gasteiger partial charge on any atom is -0.342 e. The number of amides is 3. The van der Waals surface area contributed by atoms with Crippen LogP contribution in [-0.2, 0) is 17.9 Å². The van der Waals surface area contributed by atoms with E-state index in [9.17, 15) is 14.4 Å². The Hall–Kier alpha value is -3.16. The number of fused-ring (bicyclic) bond motifs is 1. The van der Waals surface area contributed by atoms with Crippen LogP contribution in [0, 0.1) is 11.8 Å². The molecule has 0 aliphatic carbocycles. The van der Waals surface area contributed by atoms with Crippen LogP contribution in [0.5, 0.6) is 0 Å². The number of rotatable bonds is 4. The summed E-state index contributed by atoms with van der Waals surface area (Å²) >= 11 is 0. The van der Waals surface area contributed by atoms with E-state index in [4.69, 9.17) is 0 Å². The van der Waals surface area contributed by atoms with E-state index in [0.29, 0.717) is 62.9 Å². The Morgan fingerprint density at radius 2 is 1.60 bits per heavy atom. The molecule has 0 bridgehead atoms. The van der Waals surface area contributed by atoms with Crippen molar-refractivity contribution in [2.45, 2.75) is 52.1 Å². The Labute approximate surface area is 206 Å². The second-order valence-corrected chi connectivity index (χ2v) is 10.3. The first-order valence-electron chi connectivity index (χ1n) is 13.0. The van der Waals surface area contributed by atoms with Crippen LogP contribution in [0.1, 0.15) is 65.6 Å². The van der Waals surface area contributed by atoms with Crippen molar-refractivity contribution in [3.05, 3.63) is 53.3 Å². The molecule has 8 heteroatoms. The van der Waals surface area contributed by atoms with E-state index >= 15 is 0 Å². The van der Waals surface area contributed by atoms with E-state index in [1.165, 1.54) is 0 Å². The van der Waals surface area contributed by atoms with Gasteiger partial charge in [0.25, 0.3) is 11.8 Å². The summed E-state index contributed by atoms with van der Waals surface area (Å²) in [7, 11) is 0. The fourth-order valence-electron chi connectivity index (χ4n) is 5.47. The third kappa shape index (κ3) is 5.11. The number of aryl methyl sites for hydroxylation is 1. The molecular weight excluding hydrogens is 442 g/mol. The van der Waals surface area contributed by atoms with Crippen molar-refractivity contribution in [2.75, 3.05) is 32.7 Å². The van der Waals surface area contributed by atoms with Crippen molar-refractivity contribution < 1.29 is 14.4 Å². The maximum absolute atomic E-state index is 13.2. The molecule has 3 aliphatic rings. The second-order valence-electron chi connectivity index (χ2n) is 10.3. The third-order valence-electron chi connectivity index (χ3n) is 7.75. The van der Waals surface area contributed by atoms with Gasteiger partial charge in [-0.05, 0) is 43.6 Å². The van der Waals surface area contributed by atoms with Crippen LogP contribution in [0.4, 0.5) is 0 Å². The highest BCUT2D eigenvalue weighted by molar-refractivity contribution is 5.98. The van der Waals surface area contributed by atoms with Crippen molar-refractivity contribution in [2.24, 2.45) is 11.8 Å². The highest BCUT2D eigenvalue weighted by atomic mass is 16.2. The van der Waals surface area contributed by atoms with Gasteiger partial charge in [-0.3, -0.25) is 19.1 Å². The molecule has 5 rings (SSSR count). The number of benzene rings is 1. The molecule has 4 heterocycles. The summed E-state index contributed by atoms with van der Waals surface area (Å²) in [6.45, 7) is 6.89. The quantitative estimate of drug-likeness (QED) is 0.678. The Kier molecular flexibility index (Phi) is 6.88. The zero-order chi connectivity index (χ0) is 24.4. The topological polar surface area (TPSA) is 78.8 Å². The van der Waals surface area contributed by atoms with Crippen LogP contribution in [0.3, 0.4) is 0 Å². The molecular formula is C27H35N5O3. The minimum absolute atomic E-state index is 0.000655. The van der Waals surface area contributed by atoms with Gasteiger partial charge >= 0.3 is 0 Å². The van der Waals surface area contributed by atoms with Gasteiger partial charge < -0.3 is 14.7 Å². The number of nitrogens with zero attached hydrogens (tertiary/aromatic N) is 5. The Balaban J connectivity index is 1.21. The molecule has 3 amide bonds. The van der Waals surface area contributed by atoms with Crippen molar-refractivity contribution in [1.29, 1.82) is 0 Å². The van der Waals surface area contributed by atoms with Crippen molar-refractivity contribution in [3.8, 4) is 0 Å². The average molecular weight is 478 g/mol. The normalized spacial score (nSPS) is 20.0. The molecule has 8 nitrogen and oxygen atoms in total. The van der Waals surface area contributed by atoms with E-state index in [1.54, 1.807) is 15.6 Å². The van der Waals surface area contributed by atoms with Gasteiger partial charge in [-0.25, -0.2) is 0 Å². The lowest BCUT2D eigenvalue weighted by atomic mass is 9.92. The Morgan fingerprint density at radius 1 is 0.914 bits per heavy atom. The SMILES string of the molecule is CC1CCN(C(=O)C2CCN(C(=O)c3cc4n(n3)CCCN(Cc3ccccc3)C4=O)CC2)CC1. The fourth-order valence-corrected chi connectivity index (χ4v) is 5.47. The molecule has 0 atom stereocenters. The van der Waals surface area contributed by atoms with Gasteiger partial charge in [0.05, 0.1) is 0 Å². The van der Waals surface area contributed by atoms with Gasteiger partial charge in [-0.1, -0.05) is 37.3 Å². The molecule has 186 valence electrons. The highest BCUT2D eigenvalue weighted by Crippen LogP contribution is 2.25. The van der Waals surface area contributed by atoms with Gasteiger partial charge in [-0.2, -0.15) is 5.10 Å². The summed E-state index contributed by atoms with van der Waals surface area (Å²) in [6, 6.07) is 11.6. The zero-order valence-electron chi connectivity index (χ0n) is 20.6. The molecule has 0 unspecified atom stereocenters. The van der Waals surface area contributed by atoms with E-state index in [-0.39, 0.29) is 23.6 Å². The smallest absolute Gasteiger partial charge is 0.274 e. The number of carbonyl (C=O) groups excluding carboxylic acids is 3. The Bertz CT molecular complexity index is 1070. The molecule has 2 saturated heterocycles. The predicted molar refractivity (Wildman–Crippen MR) is 132 cm³/mol. The van der Waals surface area contributed by atoms with E-state index < -0.39 is 0 Å². The summed E-state index contributed by atoms with van der Waals surface area (Å²) in [5.74, 6) is 0.714. The van der Waals surface area contributed by atoms with Crippen LogP contribution >= 0.6 is 0 Å². The number of carbonyl (C=O) groups is 3. The second kappa shape index (κ2) is 10.2. The number of hydrogen-bond donors (Lipinski definition) is 0. The lowest BCUT2D eigenvalue weighted by Crippen LogP contribution is -2.46. The molecule has 1 aromatic heterocycles. The van der Waals surface area contributed by atoms with Gasteiger partial charge in [0, 0.05) is 57.8 Å². The lowest BCUT2D eigenvalue weighted by Gasteiger charge is -2.36. The van der Waals surface area contributed by atoms with Crippen molar-refractivity contribution in [3.63, 3.8) is 0 Å². The summed E-state index contributed by atoms with van der Waals surface area (Å²) in [6.07, 6.45) is 4.33. The number of likely N-dealkylation sites (tertiary alicyclic amines) is 2. The van der Waals surface area contributed by atoms with E-state index in [0.717, 1.165) is 37.9 Å². The summed E-state index contributed by atoms with van der Waals surface area (Å²) in [4.78, 5) is 45.0. The number of aromatic nitrogens is 2. The number of hydrogen-bond acceptors (Lipinski definition) is 4. The van der Waals surface area contributed by atoms with Crippen LogP contribution in [0.15, 0.2) is 36.4 Å². The molecule has 2 aromatic rings. The van der Waals surface area contributed by atoms with Crippen LogP contribution in [0.2, 0.25) is 0 Å². The van der Waals surface area contributed by atoms with Gasteiger partial charge in [0.2, 0.25) is 5.91 Å². The van der Waals surface area contributed by atoms with Crippen LogP contribution in [-0.4, -0.2) is 74.9 Å². The highest BCUT2D eigenvalue weighted by Gasteiger charge is 2.33. The molecule has 35 heavy (non-hydrogen) atoms. The zero-order valence-corrected chi connectivity index (χ0v) is 20.6. The first kappa shape index (κ1) is 23.6. The molecule has 0 radical (unpaired) electrons. The summed E-state index contributed by atoms with van der Waals surface area (Å²) in [5, 5.41) is 4.52. The van der Waals surface area contributed by atoms with Crippen LogP contribution < -0.4 is 0 Å². The molecule has 3 aliphatic heterocycles. The molecule has 1 aromatic carbocycles. The van der Waals surface area contributed by atoms with E-state index in [2.05, 4.69) is 12.0 Å². The maximum atomic E-state index is 13.2. The average Bonchev–Trinajstić information content (AvgIpc) is 3.26. The minimum atomic E-state index is -0.148. The van der Waals surface area contributed by atoms with Crippen molar-refractivity contribution >= 4 is 17.7 Å². The largest absolute Gasteiger partial charge is 0.342 e. The molecule has 0 N–H and O–H groups in total. The maximum Gasteiger partial charge on any atom is 0.274 e. The van der Waals surface area contributed by atoms with Gasteiger partial charge in [0.1, 0.15) is 5.69 Å². The summed E-state index contributed by atoms with van der Waals surface area (Å²) in [5.41, 5.74) is 1.89. The number of piperidine rings is 2. The summed E-state index contributed by atoms with van der Waals surface area (Å²) < 4.78 is 1.69.